The van der Waals surface area contributed by atoms with Crippen molar-refractivity contribution in [3.63, 3.8) is 0 Å². The maximum atomic E-state index is 11.3. The number of aromatic nitrogens is 1. The van der Waals surface area contributed by atoms with Crippen LogP contribution in [0.2, 0.25) is 0 Å². The van der Waals surface area contributed by atoms with Gasteiger partial charge in [0, 0.05) is 32.2 Å². The van der Waals surface area contributed by atoms with Gasteiger partial charge in [0.25, 0.3) is 5.91 Å². The van der Waals surface area contributed by atoms with Crippen LogP contribution in [-0.2, 0) is 4.74 Å². The molecule has 0 aliphatic carbocycles. The van der Waals surface area contributed by atoms with E-state index in [1.165, 1.54) is 6.20 Å². The van der Waals surface area contributed by atoms with E-state index in [0.717, 1.165) is 26.1 Å². The summed E-state index contributed by atoms with van der Waals surface area (Å²) in [5.74, 6) is 0.416. The molecule has 1 aliphatic heterocycles. The third-order valence-electron chi connectivity index (χ3n) is 2.68. The molecule has 5 heteroatoms. The number of hydrogen-bond donors (Lipinski definition) is 1. The molecule has 5 nitrogen and oxygen atoms in total. The Bertz CT molecular complexity index is 372. The van der Waals surface area contributed by atoms with Gasteiger partial charge in [-0.3, -0.25) is 4.79 Å². The molecule has 0 radical (unpaired) electrons. The van der Waals surface area contributed by atoms with Crippen molar-refractivity contribution < 1.29 is 14.3 Å². The molecule has 17 heavy (non-hydrogen) atoms. The molecule has 0 unspecified atom stereocenters. The van der Waals surface area contributed by atoms with Crippen LogP contribution >= 0.6 is 0 Å². The second kappa shape index (κ2) is 5.63. The Labute approximate surface area is 100 Å². The van der Waals surface area contributed by atoms with Crippen LogP contribution in [0.25, 0.3) is 0 Å². The second-order valence-corrected chi connectivity index (χ2v) is 3.89. The molecular weight excluding hydrogens is 220 g/mol. The highest BCUT2D eigenvalue weighted by Gasteiger charge is 2.15. The molecule has 2 rings (SSSR count). The van der Waals surface area contributed by atoms with Gasteiger partial charge in [0.15, 0.2) is 0 Å². The molecule has 0 saturated carbocycles. The van der Waals surface area contributed by atoms with Gasteiger partial charge in [-0.1, -0.05) is 0 Å². The smallest absolute Gasteiger partial charge is 0.252 e. The molecule has 1 aliphatic rings. The molecule has 2 heterocycles. The van der Waals surface area contributed by atoms with E-state index < -0.39 is 0 Å². The summed E-state index contributed by atoms with van der Waals surface area (Å²) in [5.41, 5.74) is 0.534. The van der Waals surface area contributed by atoms with E-state index >= 15 is 0 Å². The predicted octanol–water partition coefficient (Wildman–Crippen LogP) is 0.999. The summed E-state index contributed by atoms with van der Waals surface area (Å²) < 4.78 is 11.0. The van der Waals surface area contributed by atoms with Crippen molar-refractivity contribution in [3.8, 4) is 5.88 Å². The number of carbonyl (C=O) groups excluding carboxylic acids is 1. The summed E-state index contributed by atoms with van der Waals surface area (Å²) in [6, 6.07) is 3.43. The summed E-state index contributed by atoms with van der Waals surface area (Å²) in [7, 11) is 1.59. The number of pyridine rings is 1. The zero-order valence-electron chi connectivity index (χ0n) is 9.81. The Hall–Kier alpha value is -1.62. The lowest BCUT2D eigenvalue weighted by atomic mass is 10.1. The van der Waals surface area contributed by atoms with Crippen LogP contribution in [0.4, 0.5) is 0 Å². The maximum Gasteiger partial charge on any atom is 0.252 e. The SMILES string of the molecule is CNC(=O)c1ccc(OC2CCOCC2)nc1. The van der Waals surface area contributed by atoms with Crippen molar-refractivity contribution in [2.24, 2.45) is 0 Å². The van der Waals surface area contributed by atoms with E-state index in [1.807, 2.05) is 0 Å². The van der Waals surface area contributed by atoms with Crippen molar-refractivity contribution in [1.82, 2.24) is 10.3 Å². The van der Waals surface area contributed by atoms with E-state index in [1.54, 1.807) is 19.2 Å². The Morgan fingerprint density at radius 2 is 2.24 bits per heavy atom. The Morgan fingerprint density at radius 3 is 2.82 bits per heavy atom. The molecule has 0 aromatic carbocycles. The third kappa shape index (κ3) is 3.17. The van der Waals surface area contributed by atoms with Crippen molar-refractivity contribution in [1.29, 1.82) is 0 Å². The Morgan fingerprint density at radius 1 is 1.47 bits per heavy atom. The van der Waals surface area contributed by atoms with E-state index in [0.29, 0.717) is 11.4 Å². The van der Waals surface area contributed by atoms with Crippen LogP contribution in [0.1, 0.15) is 23.2 Å². The molecule has 1 saturated heterocycles. The number of nitrogens with one attached hydrogen (secondary N) is 1. The van der Waals surface area contributed by atoms with Crippen molar-refractivity contribution in [2.75, 3.05) is 20.3 Å². The summed E-state index contributed by atoms with van der Waals surface area (Å²) in [5, 5.41) is 2.55. The van der Waals surface area contributed by atoms with Crippen LogP contribution in [-0.4, -0.2) is 37.3 Å². The molecule has 1 aromatic rings. The highest BCUT2D eigenvalue weighted by atomic mass is 16.5. The number of carbonyl (C=O) groups is 1. The van der Waals surface area contributed by atoms with Gasteiger partial charge in [0.1, 0.15) is 6.10 Å². The van der Waals surface area contributed by atoms with Crippen molar-refractivity contribution >= 4 is 5.91 Å². The standard InChI is InChI=1S/C12H16N2O3/c1-13-12(15)9-2-3-11(14-8-9)17-10-4-6-16-7-5-10/h2-3,8,10H,4-7H2,1H3,(H,13,15). The van der Waals surface area contributed by atoms with E-state index in [4.69, 9.17) is 9.47 Å². The topological polar surface area (TPSA) is 60.5 Å². The van der Waals surface area contributed by atoms with Gasteiger partial charge in [-0.2, -0.15) is 0 Å². The highest BCUT2D eigenvalue weighted by Crippen LogP contribution is 2.15. The first-order valence-corrected chi connectivity index (χ1v) is 5.72. The minimum atomic E-state index is -0.143. The average molecular weight is 236 g/mol. The quantitative estimate of drug-likeness (QED) is 0.850. The molecule has 0 spiro atoms. The number of nitrogens with zero attached hydrogens (tertiary/aromatic N) is 1. The van der Waals surface area contributed by atoms with Gasteiger partial charge >= 0.3 is 0 Å². The monoisotopic (exact) mass is 236 g/mol. The number of amides is 1. The molecule has 1 amide bonds. The molecular formula is C12H16N2O3. The zero-order chi connectivity index (χ0) is 12.1. The van der Waals surface area contributed by atoms with E-state index in [-0.39, 0.29) is 12.0 Å². The summed E-state index contributed by atoms with van der Waals surface area (Å²) >= 11 is 0. The van der Waals surface area contributed by atoms with Crippen LogP contribution in [0.15, 0.2) is 18.3 Å². The van der Waals surface area contributed by atoms with Gasteiger partial charge in [-0.15, -0.1) is 0 Å². The van der Waals surface area contributed by atoms with Crippen LogP contribution in [0, 0.1) is 0 Å². The fourth-order valence-corrected chi connectivity index (χ4v) is 1.69. The van der Waals surface area contributed by atoms with Crippen molar-refractivity contribution in [3.05, 3.63) is 23.9 Å². The van der Waals surface area contributed by atoms with Crippen LogP contribution in [0.3, 0.4) is 0 Å². The largest absolute Gasteiger partial charge is 0.474 e. The fourth-order valence-electron chi connectivity index (χ4n) is 1.69. The number of rotatable bonds is 3. The normalized spacial score (nSPS) is 16.5. The van der Waals surface area contributed by atoms with Gasteiger partial charge < -0.3 is 14.8 Å². The Kier molecular flexibility index (Phi) is 3.93. The lowest BCUT2D eigenvalue weighted by molar-refractivity contribution is 0.0237. The summed E-state index contributed by atoms with van der Waals surface area (Å²) in [4.78, 5) is 15.4. The fraction of sp³-hybridized carbons (Fsp3) is 0.500. The third-order valence-corrected chi connectivity index (χ3v) is 2.68. The molecule has 1 aromatic heterocycles. The van der Waals surface area contributed by atoms with Gasteiger partial charge in [-0.25, -0.2) is 4.98 Å². The molecule has 0 bridgehead atoms. The second-order valence-electron chi connectivity index (χ2n) is 3.89. The lowest BCUT2D eigenvalue weighted by Gasteiger charge is -2.22. The van der Waals surface area contributed by atoms with Gasteiger partial charge in [0.05, 0.1) is 18.8 Å². The predicted molar refractivity (Wildman–Crippen MR) is 62.1 cm³/mol. The van der Waals surface area contributed by atoms with Gasteiger partial charge in [-0.05, 0) is 6.07 Å². The van der Waals surface area contributed by atoms with E-state index in [2.05, 4.69) is 10.3 Å². The van der Waals surface area contributed by atoms with Gasteiger partial charge in [0.2, 0.25) is 5.88 Å². The molecule has 92 valence electrons. The highest BCUT2D eigenvalue weighted by molar-refractivity contribution is 5.93. The van der Waals surface area contributed by atoms with E-state index in [9.17, 15) is 4.79 Å². The molecule has 0 atom stereocenters. The first kappa shape index (κ1) is 11.9. The summed E-state index contributed by atoms with van der Waals surface area (Å²) in [6.07, 6.45) is 3.47. The van der Waals surface area contributed by atoms with Crippen molar-refractivity contribution in [2.45, 2.75) is 18.9 Å². The average Bonchev–Trinajstić information content (AvgIpc) is 2.40. The maximum absolute atomic E-state index is 11.3. The summed E-state index contributed by atoms with van der Waals surface area (Å²) in [6.45, 7) is 1.47. The Balaban J connectivity index is 1.95. The zero-order valence-corrected chi connectivity index (χ0v) is 9.81. The first-order chi connectivity index (χ1) is 8.29. The first-order valence-electron chi connectivity index (χ1n) is 5.72. The minimum Gasteiger partial charge on any atom is -0.474 e. The number of ether oxygens (including phenoxy) is 2. The van der Waals surface area contributed by atoms with Crippen LogP contribution in [0.5, 0.6) is 5.88 Å². The molecule has 1 N–H and O–H groups in total. The molecule has 1 fully saturated rings. The van der Waals surface area contributed by atoms with Crippen LogP contribution < -0.4 is 10.1 Å². The number of hydrogen-bond acceptors (Lipinski definition) is 4. The minimum absolute atomic E-state index is 0.143. The lowest BCUT2D eigenvalue weighted by Crippen LogP contribution is -2.26.